The highest BCUT2D eigenvalue weighted by atomic mass is 16.5. The molecule has 8 heteroatoms. The van der Waals surface area contributed by atoms with Gasteiger partial charge in [-0.05, 0) is 37.1 Å². The van der Waals surface area contributed by atoms with E-state index in [0.29, 0.717) is 36.9 Å². The van der Waals surface area contributed by atoms with Crippen LogP contribution in [-0.4, -0.2) is 34.0 Å². The van der Waals surface area contributed by atoms with Gasteiger partial charge in [0.25, 0.3) is 5.91 Å². The van der Waals surface area contributed by atoms with Gasteiger partial charge in [-0.2, -0.15) is 0 Å². The Hall–Kier alpha value is -3.26. The molecule has 0 bridgehead atoms. The third kappa shape index (κ3) is 7.16. The summed E-state index contributed by atoms with van der Waals surface area (Å²) in [6, 6.07) is 11.6. The molecule has 28 heavy (non-hydrogen) atoms. The lowest BCUT2D eigenvalue weighted by atomic mass is 10.1. The number of carbonyl (C=O) groups excluding carboxylic acids is 3. The van der Waals surface area contributed by atoms with Crippen molar-refractivity contribution in [1.29, 1.82) is 0 Å². The van der Waals surface area contributed by atoms with Crippen LogP contribution >= 0.6 is 0 Å². The first-order valence-electron chi connectivity index (χ1n) is 9.10. The smallest absolute Gasteiger partial charge is 0.253 e. The Morgan fingerprint density at radius 3 is 2.46 bits per heavy atom. The molecule has 0 aliphatic rings. The molecule has 0 unspecified atom stereocenters. The molecule has 0 fully saturated rings. The van der Waals surface area contributed by atoms with Crippen LogP contribution in [0.25, 0.3) is 0 Å². The zero-order valence-electron chi connectivity index (χ0n) is 15.4. The fraction of sp³-hybridized carbons (Fsp3) is 0.300. The summed E-state index contributed by atoms with van der Waals surface area (Å²) in [6.45, 7) is 0. The van der Waals surface area contributed by atoms with Crippen molar-refractivity contribution in [3.05, 3.63) is 60.4 Å². The van der Waals surface area contributed by atoms with E-state index in [2.05, 4.69) is 15.6 Å². The number of benzene rings is 1. The summed E-state index contributed by atoms with van der Waals surface area (Å²) < 4.78 is 0. The maximum Gasteiger partial charge on any atom is 0.253 e. The van der Waals surface area contributed by atoms with Crippen molar-refractivity contribution >= 4 is 23.4 Å². The lowest BCUT2D eigenvalue weighted by Gasteiger charge is -2.18. The van der Waals surface area contributed by atoms with Crippen molar-refractivity contribution in [2.45, 2.75) is 38.1 Å². The number of unbranched alkanes of at least 4 members (excludes halogenated alkanes) is 2. The van der Waals surface area contributed by atoms with Gasteiger partial charge < -0.3 is 10.6 Å². The third-order valence-corrected chi connectivity index (χ3v) is 4.11. The van der Waals surface area contributed by atoms with Crippen LogP contribution in [0.15, 0.2) is 54.9 Å². The summed E-state index contributed by atoms with van der Waals surface area (Å²) >= 11 is 0. The summed E-state index contributed by atoms with van der Waals surface area (Å²) in [4.78, 5) is 40.0. The normalized spacial score (nSPS) is 11.3. The van der Waals surface area contributed by atoms with Crippen molar-refractivity contribution in [3.8, 4) is 0 Å². The molecule has 2 aromatic rings. The number of rotatable bonds is 10. The molecule has 0 aliphatic carbocycles. The average molecular weight is 384 g/mol. The second kappa shape index (κ2) is 11.5. The first-order valence-corrected chi connectivity index (χ1v) is 9.10. The van der Waals surface area contributed by atoms with Crippen LogP contribution in [0, 0.1) is 0 Å². The minimum atomic E-state index is -0.723. The Kier molecular flexibility index (Phi) is 8.61. The van der Waals surface area contributed by atoms with Crippen molar-refractivity contribution in [3.63, 3.8) is 0 Å². The number of nitrogens with one attached hydrogen (secondary N) is 3. The quantitative estimate of drug-likeness (QED) is 0.284. The minimum absolute atomic E-state index is 0.208. The van der Waals surface area contributed by atoms with Crippen molar-refractivity contribution < 1.29 is 19.6 Å². The van der Waals surface area contributed by atoms with E-state index in [1.165, 1.54) is 6.20 Å². The maximum atomic E-state index is 12.7. The first-order chi connectivity index (χ1) is 13.6. The summed E-state index contributed by atoms with van der Waals surface area (Å²) in [5, 5.41) is 14.0. The van der Waals surface area contributed by atoms with Crippen LogP contribution in [0.1, 0.15) is 42.5 Å². The van der Waals surface area contributed by atoms with Gasteiger partial charge in [-0.1, -0.05) is 31.0 Å². The third-order valence-electron chi connectivity index (χ3n) is 4.11. The van der Waals surface area contributed by atoms with E-state index in [4.69, 9.17) is 5.21 Å². The van der Waals surface area contributed by atoms with E-state index in [9.17, 15) is 14.4 Å². The van der Waals surface area contributed by atoms with E-state index in [-0.39, 0.29) is 18.2 Å². The molecule has 0 saturated carbocycles. The Morgan fingerprint density at radius 1 is 1.00 bits per heavy atom. The van der Waals surface area contributed by atoms with Gasteiger partial charge in [0.1, 0.15) is 6.04 Å². The van der Waals surface area contributed by atoms with E-state index >= 15 is 0 Å². The molecule has 8 nitrogen and oxygen atoms in total. The number of hydrogen-bond acceptors (Lipinski definition) is 5. The molecule has 0 spiro atoms. The molecule has 0 radical (unpaired) electrons. The Labute approximate surface area is 163 Å². The predicted molar refractivity (Wildman–Crippen MR) is 104 cm³/mol. The number of para-hydroxylation sites is 1. The number of nitrogens with zero attached hydrogens (tertiary/aromatic N) is 1. The van der Waals surface area contributed by atoms with Gasteiger partial charge >= 0.3 is 0 Å². The van der Waals surface area contributed by atoms with Crippen molar-refractivity contribution in [2.75, 3.05) is 5.32 Å². The average Bonchev–Trinajstić information content (AvgIpc) is 2.73. The standard InChI is InChI=1S/C20H24N4O4/c25-18(24-28)12-6-2-5-11-17(20(27)22-16-9-3-1-4-10-16)23-19(26)15-8-7-13-21-14-15/h1,3-4,7-10,13-14,17,28H,2,5-6,11-12H2,(H,22,27)(H,23,26)(H,24,25)/t17-/m1/s1. The molecule has 148 valence electrons. The lowest BCUT2D eigenvalue weighted by molar-refractivity contribution is -0.129. The van der Waals surface area contributed by atoms with Crippen LogP contribution < -0.4 is 16.1 Å². The molecule has 0 aliphatic heterocycles. The molecule has 0 saturated heterocycles. The number of hydrogen-bond donors (Lipinski definition) is 4. The van der Waals surface area contributed by atoms with Crippen LogP contribution in [-0.2, 0) is 9.59 Å². The second-order valence-electron chi connectivity index (χ2n) is 6.26. The minimum Gasteiger partial charge on any atom is -0.340 e. The van der Waals surface area contributed by atoms with Crippen LogP contribution in [0.4, 0.5) is 5.69 Å². The van der Waals surface area contributed by atoms with Crippen LogP contribution in [0.2, 0.25) is 0 Å². The lowest BCUT2D eigenvalue weighted by Crippen LogP contribution is -2.43. The highest BCUT2D eigenvalue weighted by Gasteiger charge is 2.21. The molecule has 1 aromatic carbocycles. The number of anilines is 1. The fourth-order valence-corrected chi connectivity index (χ4v) is 2.63. The van der Waals surface area contributed by atoms with Gasteiger partial charge in [0, 0.05) is 24.5 Å². The predicted octanol–water partition coefficient (Wildman–Crippen LogP) is 2.27. The molecule has 4 N–H and O–H groups in total. The van der Waals surface area contributed by atoms with E-state index in [1.54, 1.807) is 35.9 Å². The van der Waals surface area contributed by atoms with Gasteiger partial charge in [-0.25, -0.2) is 5.48 Å². The van der Waals surface area contributed by atoms with Crippen LogP contribution in [0.3, 0.4) is 0 Å². The van der Waals surface area contributed by atoms with E-state index in [0.717, 1.165) is 0 Å². The highest BCUT2D eigenvalue weighted by molar-refractivity contribution is 6.01. The zero-order valence-corrected chi connectivity index (χ0v) is 15.4. The van der Waals surface area contributed by atoms with Gasteiger partial charge in [0.2, 0.25) is 11.8 Å². The first kappa shape index (κ1) is 21.0. The SMILES string of the molecule is O=C(CCCCC[C@@H](NC(=O)c1cccnc1)C(=O)Nc1ccccc1)NO. The van der Waals surface area contributed by atoms with Gasteiger partial charge in [0.15, 0.2) is 0 Å². The Balaban J connectivity index is 1.95. The summed E-state index contributed by atoms with van der Waals surface area (Å²) in [5.74, 6) is -1.12. The Morgan fingerprint density at radius 2 is 1.79 bits per heavy atom. The van der Waals surface area contributed by atoms with E-state index < -0.39 is 11.9 Å². The van der Waals surface area contributed by atoms with Crippen molar-refractivity contribution in [1.82, 2.24) is 15.8 Å². The molecule has 1 atom stereocenters. The van der Waals surface area contributed by atoms with Gasteiger partial charge in [-0.15, -0.1) is 0 Å². The molecule has 1 heterocycles. The number of amides is 3. The molecular formula is C20H24N4O4. The summed E-state index contributed by atoms with van der Waals surface area (Å²) in [5.41, 5.74) is 2.61. The van der Waals surface area contributed by atoms with Gasteiger partial charge in [0.05, 0.1) is 5.56 Å². The number of pyridine rings is 1. The second-order valence-corrected chi connectivity index (χ2v) is 6.26. The number of aromatic nitrogens is 1. The molecular weight excluding hydrogens is 360 g/mol. The summed E-state index contributed by atoms with van der Waals surface area (Å²) in [6.07, 6.45) is 5.54. The van der Waals surface area contributed by atoms with Crippen LogP contribution in [0.5, 0.6) is 0 Å². The fourth-order valence-electron chi connectivity index (χ4n) is 2.63. The monoisotopic (exact) mass is 384 g/mol. The highest BCUT2D eigenvalue weighted by Crippen LogP contribution is 2.11. The van der Waals surface area contributed by atoms with E-state index in [1.807, 2.05) is 18.2 Å². The van der Waals surface area contributed by atoms with Gasteiger partial charge in [-0.3, -0.25) is 24.6 Å². The number of carbonyl (C=O) groups is 3. The topological polar surface area (TPSA) is 120 Å². The molecule has 2 rings (SSSR count). The molecule has 1 aromatic heterocycles. The molecule has 3 amide bonds. The number of hydroxylamine groups is 1. The largest absolute Gasteiger partial charge is 0.340 e. The zero-order chi connectivity index (χ0) is 20.2. The summed E-state index contributed by atoms with van der Waals surface area (Å²) in [7, 11) is 0. The maximum absolute atomic E-state index is 12.7. The Bertz CT molecular complexity index is 768. The van der Waals surface area contributed by atoms with Crippen molar-refractivity contribution in [2.24, 2.45) is 0 Å².